The number of alkyl halides is 2. The monoisotopic (exact) mass is 850 g/mol. The molecule has 0 unspecified atom stereocenters. The Balaban J connectivity index is 1.59. The molecule has 6 N–H and O–H groups in total. The van der Waals surface area contributed by atoms with Gasteiger partial charge in [0.2, 0.25) is 0 Å². The van der Waals surface area contributed by atoms with Gasteiger partial charge in [-0.1, -0.05) is 11.8 Å². The Labute approximate surface area is 351 Å². The number of benzene rings is 2. The highest BCUT2D eigenvalue weighted by Gasteiger charge is 2.34. The zero-order chi connectivity index (χ0) is 44.3. The number of nitrogens with zero attached hydrogens (tertiary/aromatic N) is 2. The molecule has 2 aromatic carbocycles. The Morgan fingerprint density at radius 1 is 0.852 bits per heavy atom. The van der Waals surface area contributed by atoms with E-state index in [0.717, 1.165) is 0 Å². The Morgan fingerprint density at radius 3 is 1.93 bits per heavy atom. The molecular weight excluding hydrogens is 802 g/mol. The van der Waals surface area contributed by atoms with E-state index in [0.29, 0.717) is 34.0 Å². The van der Waals surface area contributed by atoms with Gasteiger partial charge in [0.1, 0.15) is 49.4 Å². The lowest BCUT2D eigenvalue weighted by Crippen LogP contribution is -2.34. The molecule has 1 fully saturated rings. The lowest BCUT2D eigenvalue weighted by Gasteiger charge is -2.20. The minimum absolute atomic E-state index is 0.0258. The average molecular weight is 851 g/mol. The lowest BCUT2D eigenvalue weighted by molar-refractivity contribution is -0.172. The standard InChI is InChI=1S/C41H48F2N8O10/c1-6-16-57-32-18-26(19-33(58-17-7-2)30(32)10-9-15-47-40(55)38(42)43)39(54)46-14-8-11-31-34(59-24-28(45-4)22-44-3)20-27(41(56)61-51-36(52)12-13-37(51)53)21-35(31)60-25-29-23-50(5)49-48-29/h1-2,18-23,38,44-45,48-49H,8-17,24-25H2,3-5H3,(H,46,54)(H,47,55)/b28-22-. The van der Waals surface area contributed by atoms with E-state index in [2.05, 4.69) is 44.1 Å². The molecule has 0 bridgehead atoms. The summed E-state index contributed by atoms with van der Waals surface area (Å²) in [4.78, 5) is 68.0. The number of imide groups is 1. The topological polar surface area (TPSA) is 210 Å². The van der Waals surface area contributed by atoms with E-state index < -0.39 is 36.0 Å². The van der Waals surface area contributed by atoms with Crippen LogP contribution >= 0.6 is 0 Å². The van der Waals surface area contributed by atoms with E-state index in [-0.39, 0.29) is 106 Å². The fraction of sp³-hybridized carbons (Fsp3) is 0.390. The number of rotatable bonds is 24. The number of halogens is 2. The van der Waals surface area contributed by atoms with Crippen LogP contribution in [0.5, 0.6) is 23.0 Å². The third-order valence-electron chi connectivity index (χ3n) is 8.77. The molecule has 0 spiro atoms. The van der Waals surface area contributed by atoms with Crippen LogP contribution in [0.4, 0.5) is 8.78 Å². The molecule has 0 saturated carbocycles. The van der Waals surface area contributed by atoms with Crippen LogP contribution < -0.4 is 51.2 Å². The molecule has 1 saturated heterocycles. The Kier molecular flexibility index (Phi) is 17.8. The summed E-state index contributed by atoms with van der Waals surface area (Å²) >= 11 is 0. The van der Waals surface area contributed by atoms with Crippen LogP contribution in [0.2, 0.25) is 0 Å². The van der Waals surface area contributed by atoms with Crippen molar-refractivity contribution < 1.29 is 56.5 Å². The summed E-state index contributed by atoms with van der Waals surface area (Å²) in [5.74, 6) is 1.43. The van der Waals surface area contributed by atoms with Crippen LogP contribution in [0.15, 0.2) is 48.1 Å². The Bertz CT molecular complexity index is 2000. The molecule has 0 aromatic heterocycles. The predicted molar refractivity (Wildman–Crippen MR) is 215 cm³/mol. The second-order valence-corrected chi connectivity index (χ2v) is 13.2. The van der Waals surface area contributed by atoms with Gasteiger partial charge in [0.05, 0.1) is 17.0 Å². The van der Waals surface area contributed by atoms with Crippen LogP contribution in [0, 0.1) is 24.7 Å². The van der Waals surface area contributed by atoms with E-state index in [1.165, 1.54) is 24.3 Å². The van der Waals surface area contributed by atoms with Gasteiger partial charge in [0.25, 0.3) is 23.6 Å². The number of hydroxylamine groups is 2. The summed E-state index contributed by atoms with van der Waals surface area (Å²) in [5, 5.41) is 13.1. The third kappa shape index (κ3) is 13.7. The molecule has 2 heterocycles. The molecule has 61 heavy (non-hydrogen) atoms. The van der Waals surface area contributed by atoms with Gasteiger partial charge < -0.3 is 50.5 Å². The molecule has 2 aromatic rings. The fourth-order valence-corrected chi connectivity index (χ4v) is 5.85. The maximum atomic E-state index is 13.6. The smallest absolute Gasteiger partial charge is 0.364 e. The normalized spacial score (nSPS) is 13.4. The zero-order valence-electron chi connectivity index (χ0n) is 33.9. The SMILES string of the molecule is C#CCOc1cc(C(=O)NCCCc2c(OCC3=CN(C)NN3)cc(C(=O)ON3C(=O)CCC3=O)cc2OC/C(=C/NC)NC)cc(OCC#C)c1CCCNC(=O)C(F)F. The maximum absolute atomic E-state index is 13.6. The highest BCUT2D eigenvalue weighted by atomic mass is 19.3. The third-order valence-corrected chi connectivity index (χ3v) is 8.77. The van der Waals surface area contributed by atoms with Crippen LogP contribution in [0.25, 0.3) is 0 Å². The molecule has 18 nitrogen and oxygen atoms in total. The number of terminal acetylenes is 2. The van der Waals surface area contributed by atoms with Gasteiger partial charge in [-0.3, -0.25) is 24.2 Å². The van der Waals surface area contributed by atoms with Crippen LogP contribution in [0.1, 0.15) is 57.5 Å². The largest absolute Gasteiger partial charge is 0.487 e. The summed E-state index contributed by atoms with van der Waals surface area (Å²) in [6.07, 6.45) is 12.0. The zero-order valence-corrected chi connectivity index (χ0v) is 33.9. The first kappa shape index (κ1) is 46.5. The molecule has 0 aliphatic carbocycles. The minimum Gasteiger partial charge on any atom is -0.487 e. The van der Waals surface area contributed by atoms with Crippen molar-refractivity contribution in [1.29, 1.82) is 0 Å². The van der Waals surface area contributed by atoms with Gasteiger partial charge in [-0.05, 0) is 49.9 Å². The van der Waals surface area contributed by atoms with Crippen molar-refractivity contribution in [3.63, 3.8) is 0 Å². The van der Waals surface area contributed by atoms with Gasteiger partial charge in [0.15, 0.2) is 0 Å². The molecule has 2 aliphatic rings. The maximum Gasteiger partial charge on any atom is 0.364 e. The van der Waals surface area contributed by atoms with Crippen molar-refractivity contribution in [1.82, 2.24) is 42.3 Å². The second-order valence-electron chi connectivity index (χ2n) is 13.2. The first-order chi connectivity index (χ1) is 29.4. The van der Waals surface area contributed by atoms with E-state index in [1.54, 1.807) is 38.6 Å². The van der Waals surface area contributed by atoms with Crippen molar-refractivity contribution >= 4 is 29.6 Å². The first-order valence-electron chi connectivity index (χ1n) is 19.0. The number of likely N-dealkylation sites (N-methyl/N-ethyl adjacent to an activating group) is 1. The molecule has 326 valence electrons. The van der Waals surface area contributed by atoms with Gasteiger partial charge >= 0.3 is 12.4 Å². The minimum atomic E-state index is -3.15. The lowest BCUT2D eigenvalue weighted by atomic mass is 10.0. The molecule has 0 atom stereocenters. The Hall–Kier alpha value is -7.19. The summed E-state index contributed by atoms with van der Waals surface area (Å²) in [6.45, 7) is -0.189. The van der Waals surface area contributed by atoms with Gasteiger partial charge in [0, 0.05) is 76.2 Å². The van der Waals surface area contributed by atoms with Gasteiger partial charge in [-0.25, -0.2) is 4.79 Å². The van der Waals surface area contributed by atoms with E-state index in [1.807, 2.05) is 0 Å². The number of hydrogen-bond donors (Lipinski definition) is 6. The van der Waals surface area contributed by atoms with Crippen molar-refractivity contribution in [2.24, 2.45) is 0 Å². The van der Waals surface area contributed by atoms with Crippen LogP contribution in [0.3, 0.4) is 0 Å². The van der Waals surface area contributed by atoms with Crippen molar-refractivity contribution in [2.45, 2.75) is 45.0 Å². The summed E-state index contributed by atoms with van der Waals surface area (Å²) in [5.41, 5.74) is 8.24. The Morgan fingerprint density at radius 2 is 1.41 bits per heavy atom. The molecule has 20 heteroatoms. The highest BCUT2D eigenvalue weighted by molar-refractivity contribution is 6.03. The molecule has 0 radical (unpaired) electrons. The van der Waals surface area contributed by atoms with Crippen molar-refractivity contribution in [3.05, 3.63) is 70.3 Å². The van der Waals surface area contributed by atoms with Gasteiger partial charge in [-0.2, -0.15) is 8.78 Å². The van der Waals surface area contributed by atoms with E-state index in [4.69, 9.17) is 36.6 Å². The quantitative estimate of drug-likeness (QED) is 0.0502. The highest BCUT2D eigenvalue weighted by Crippen LogP contribution is 2.35. The number of ether oxygens (including phenoxy) is 4. The number of carbonyl (C=O) groups excluding carboxylic acids is 5. The number of carbonyl (C=O) groups is 5. The summed E-state index contributed by atoms with van der Waals surface area (Å²) in [7, 11) is 5.20. The van der Waals surface area contributed by atoms with E-state index in [9.17, 15) is 32.8 Å². The average Bonchev–Trinajstić information content (AvgIpc) is 3.82. The predicted octanol–water partition coefficient (Wildman–Crippen LogP) is 1.44. The summed E-state index contributed by atoms with van der Waals surface area (Å²) < 4.78 is 49.3. The number of hydrogen-bond acceptors (Lipinski definition) is 15. The van der Waals surface area contributed by atoms with Crippen LogP contribution in [-0.4, -0.2) is 107 Å². The number of amides is 4. The number of hydrazine groups is 2. The first-order valence-corrected chi connectivity index (χ1v) is 19.0. The molecule has 4 rings (SSSR count). The molecule has 4 amide bonds. The second kappa shape index (κ2) is 23.4. The van der Waals surface area contributed by atoms with Gasteiger partial charge in [-0.15, -0.1) is 23.4 Å². The molecule has 2 aliphatic heterocycles. The number of nitrogens with one attached hydrogen (secondary N) is 6. The van der Waals surface area contributed by atoms with E-state index >= 15 is 0 Å². The van der Waals surface area contributed by atoms with Crippen molar-refractivity contribution in [2.75, 3.05) is 60.7 Å². The van der Waals surface area contributed by atoms with Crippen molar-refractivity contribution in [3.8, 4) is 47.7 Å². The molecular formula is C41H48F2N8O10. The summed E-state index contributed by atoms with van der Waals surface area (Å²) in [6, 6.07) is 5.79. The van der Waals surface area contributed by atoms with Crippen LogP contribution in [-0.2, 0) is 32.1 Å². The fourth-order valence-electron chi connectivity index (χ4n) is 5.85.